The molecule has 20 heavy (non-hydrogen) atoms. The van der Waals surface area contributed by atoms with Crippen LogP contribution in [0.2, 0.25) is 0 Å². The Labute approximate surface area is 122 Å². The number of nitrogens with one attached hydrogen (secondary N) is 1. The molecule has 0 aromatic carbocycles. The Morgan fingerprint density at radius 1 is 1.20 bits per heavy atom. The van der Waals surface area contributed by atoms with Crippen molar-refractivity contribution in [3.05, 3.63) is 0 Å². The summed E-state index contributed by atoms with van der Waals surface area (Å²) in [5.41, 5.74) is 0. The molecule has 1 heterocycles. The molecule has 114 valence electrons. The van der Waals surface area contributed by atoms with Gasteiger partial charge in [-0.1, -0.05) is 26.7 Å². The largest absolute Gasteiger partial charge is 0.343 e. The Hall–Kier alpha value is -1.06. The zero-order valence-corrected chi connectivity index (χ0v) is 13.2. The van der Waals surface area contributed by atoms with Crippen molar-refractivity contribution < 1.29 is 9.59 Å². The van der Waals surface area contributed by atoms with E-state index in [0.717, 1.165) is 6.42 Å². The van der Waals surface area contributed by atoms with E-state index in [1.165, 1.54) is 25.7 Å². The van der Waals surface area contributed by atoms with Gasteiger partial charge >= 0.3 is 0 Å². The van der Waals surface area contributed by atoms with E-state index in [0.29, 0.717) is 11.8 Å². The van der Waals surface area contributed by atoms with Crippen LogP contribution in [0.3, 0.4) is 0 Å². The summed E-state index contributed by atoms with van der Waals surface area (Å²) in [5, 5.41) is 2.89. The van der Waals surface area contributed by atoms with Crippen LogP contribution in [0.4, 0.5) is 0 Å². The van der Waals surface area contributed by atoms with Crippen molar-refractivity contribution in [2.75, 3.05) is 0 Å². The van der Waals surface area contributed by atoms with Gasteiger partial charge in [0.25, 0.3) is 0 Å². The van der Waals surface area contributed by atoms with Crippen LogP contribution in [0.1, 0.15) is 59.8 Å². The van der Waals surface area contributed by atoms with E-state index < -0.39 is 0 Å². The Morgan fingerprint density at radius 2 is 1.80 bits per heavy atom. The Balaban J connectivity index is 2.14. The van der Waals surface area contributed by atoms with Crippen molar-refractivity contribution in [3.63, 3.8) is 0 Å². The van der Waals surface area contributed by atoms with Gasteiger partial charge in [0.05, 0.1) is 0 Å². The molecule has 2 amide bonds. The molecule has 1 N–H and O–H groups in total. The van der Waals surface area contributed by atoms with E-state index in [4.69, 9.17) is 0 Å². The minimum atomic E-state index is -0.332. The van der Waals surface area contributed by atoms with Gasteiger partial charge in [0.1, 0.15) is 12.1 Å². The molecule has 2 fully saturated rings. The van der Waals surface area contributed by atoms with E-state index in [-0.39, 0.29) is 29.9 Å². The first-order valence-electron chi connectivity index (χ1n) is 8.04. The zero-order valence-electron chi connectivity index (χ0n) is 13.2. The molecule has 0 aromatic heterocycles. The van der Waals surface area contributed by atoms with Crippen molar-refractivity contribution in [1.82, 2.24) is 10.2 Å². The third-order valence-electron chi connectivity index (χ3n) is 4.89. The normalized spacial score (nSPS) is 29.9. The van der Waals surface area contributed by atoms with E-state index in [1.807, 2.05) is 11.8 Å². The summed E-state index contributed by atoms with van der Waals surface area (Å²) < 4.78 is 0. The lowest BCUT2D eigenvalue weighted by molar-refractivity contribution is -0.152. The third kappa shape index (κ3) is 2.99. The highest BCUT2D eigenvalue weighted by atomic mass is 16.2. The lowest BCUT2D eigenvalue weighted by atomic mass is 9.92. The number of amides is 2. The first-order valence-corrected chi connectivity index (χ1v) is 8.04. The average Bonchev–Trinajstić information content (AvgIpc) is 2.89. The minimum absolute atomic E-state index is 0.0000898. The summed E-state index contributed by atoms with van der Waals surface area (Å²) in [6, 6.07) is -0.482. The molecule has 1 aliphatic carbocycles. The second kappa shape index (κ2) is 6.15. The van der Waals surface area contributed by atoms with Gasteiger partial charge in [-0.25, -0.2) is 0 Å². The topological polar surface area (TPSA) is 49.4 Å². The van der Waals surface area contributed by atoms with Gasteiger partial charge in [-0.3, -0.25) is 9.59 Å². The summed E-state index contributed by atoms with van der Waals surface area (Å²) >= 11 is 0. The molecule has 0 spiro atoms. The highest BCUT2D eigenvalue weighted by Gasteiger charge is 2.42. The van der Waals surface area contributed by atoms with Crippen LogP contribution in [-0.4, -0.2) is 34.8 Å². The van der Waals surface area contributed by atoms with E-state index in [9.17, 15) is 9.59 Å². The van der Waals surface area contributed by atoms with Gasteiger partial charge in [0.15, 0.2) is 0 Å². The van der Waals surface area contributed by atoms with Crippen molar-refractivity contribution in [2.24, 2.45) is 11.8 Å². The van der Waals surface area contributed by atoms with Gasteiger partial charge < -0.3 is 10.2 Å². The first-order chi connectivity index (χ1) is 9.41. The summed E-state index contributed by atoms with van der Waals surface area (Å²) in [6.07, 6.45) is 5.62. The van der Waals surface area contributed by atoms with Gasteiger partial charge in [0.2, 0.25) is 11.8 Å². The monoisotopic (exact) mass is 280 g/mol. The molecule has 3 atom stereocenters. The minimum Gasteiger partial charge on any atom is -0.343 e. The number of piperazine rings is 1. The van der Waals surface area contributed by atoms with Gasteiger partial charge in [-0.2, -0.15) is 0 Å². The van der Waals surface area contributed by atoms with Gasteiger partial charge in [-0.05, 0) is 44.9 Å². The van der Waals surface area contributed by atoms with Crippen molar-refractivity contribution >= 4 is 11.8 Å². The van der Waals surface area contributed by atoms with Crippen LogP contribution < -0.4 is 5.32 Å². The number of carbonyl (C=O) groups is 2. The van der Waals surface area contributed by atoms with Crippen LogP contribution in [0.5, 0.6) is 0 Å². The quantitative estimate of drug-likeness (QED) is 0.859. The lowest BCUT2D eigenvalue weighted by Crippen LogP contribution is -2.65. The fraction of sp³-hybridized carbons (Fsp3) is 0.875. The first kappa shape index (κ1) is 15.3. The molecule has 1 saturated carbocycles. The summed E-state index contributed by atoms with van der Waals surface area (Å²) in [4.78, 5) is 26.7. The molecule has 0 aromatic rings. The SMILES string of the molecule is CC(C)CC1NC(=O)C(C)N(C(C)C2CCCC2)C1=O. The molecule has 1 saturated heterocycles. The number of nitrogens with zero attached hydrogens (tertiary/aromatic N) is 1. The second-order valence-electron chi connectivity index (χ2n) is 6.90. The van der Waals surface area contributed by atoms with Crippen molar-refractivity contribution in [2.45, 2.75) is 77.9 Å². The highest BCUT2D eigenvalue weighted by Crippen LogP contribution is 2.32. The van der Waals surface area contributed by atoms with Crippen LogP contribution in [0.15, 0.2) is 0 Å². The number of hydrogen-bond acceptors (Lipinski definition) is 2. The molecule has 3 unspecified atom stereocenters. The maximum atomic E-state index is 12.7. The van der Waals surface area contributed by atoms with Crippen LogP contribution in [0, 0.1) is 11.8 Å². The lowest BCUT2D eigenvalue weighted by Gasteiger charge is -2.43. The van der Waals surface area contributed by atoms with E-state index in [2.05, 4.69) is 26.1 Å². The fourth-order valence-corrected chi connectivity index (χ4v) is 3.70. The van der Waals surface area contributed by atoms with Crippen molar-refractivity contribution in [1.29, 1.82) is 0 Å². The number of hydrogen-bond donors (Lipinski definition) is 1. The maximum absolute atomic E-state index is 12.7. The van der Waals surface area contributed by atoms with Crippen molar-refractivity contribution in [3.8, 4) is 0 Å². The molecule has 4 heteroatoms. The summed E-state index contributed by atoms with van der Waals surface area (Å²) in [6.45, 7) is 8.14. The average molecular weight is 280 g/mol. The van der Waals surface area contributed by atoms with E-state index in [1.54, 1.807) is 0 Å². The molecule has 2 rings (SSSR count). The van der Waals surface area contributed by atoms with E-state index >= 15 is 0 Å². The Morgan fingerprint density at radius 3 is 2.35 bits per heavy atom. The molecular weight excluding hydrogens is 252 g/mol. The molecule has 0 bridgehead atoms. The third-order valence-corrected chi connectivity index (χ3v) is 4.89. The standard InChI is InChI=1S/C16H28N2O2/c1-10(2)9-14-16(20)18(12(4)15(19)17-14)11(3)13-7-5-6-8-13/h10-14H,5-9H2,1-4H3,(H,17,19). The molecular formula is C16H28N2O2. The molecule has 2 aliphatic rings. The predicted molar refractivity (Wildman–Crippen MR) is 79.1 cm³/mol. The van der Waals surface area contributed by atoms with Gasteiger partial charge in [0, 0.05) is 6.04 Å². The Kier molecular flexibility index (Phi) is 4.71. The highest BCUT2D eigenvalue weighted by molar-refractivity contribution is 5.96. The maximum Gasteiger partial charge on any atom is 0.246 e. The van der Waals surface area contributed by atoms with Crippen LogP contribution >= 0.6 is 0 Å². The molecule has 0 radical (unpaired) electrons. The molecule has 4 nitrogen and oxygen atoms in total. The predicted octanol–water partition coefficient (Wildman–Crippen LogP) is 2.33. The number of carbonyl (C=O) groups excluding carboxylic acids is 2. The van der Waals surface area contributed by atoms with Crippen LogP contribution in [0.25, 0.3) is 0 Å². The fourth-order valence-electron chi connectivity index (χ4n) is 3.70. The van der Waals surface area contributed by atoms with Gasteiger partial charge in [-0.15, -0.1) is 0 Å². The Bertz CT molecular complexity index is 375. The number of rotatable bonds is 4. The second-order valence-corrected chi connectivity index (χ2v) is 6.90. The smallest absolute Gasteiger partial charge is 0.246 e. The molecule has 1 aliphatic heterocycles. The zero-order chi connectivity index (χ0) is 14.9. The summed E-state index contributed by atoms with van der Waals surface area (Å²) in [7, 11) is 0. The summed E-state index contributed by atoms with van der Waals surface area (Å²) in [5.74, 6) is 1.08. The van der Waals surface area contributed by atoms with Crippen LogP contribution in [-0.2, 0) is 9.59 Å².